The van der Waals surface area contributed by atoms with Crippen LogP contribution in [0.4, 0.5) is 8.78 Å². The van der Waals surface area contributed by atoms with Gasteiger partial charge in [0.2, 0.25) is 0 Å². The lowest BCUT2D eigenvalue weighted by Crippen LogP contribution is -2.39. The Balaban J connectivity index is 1.87. The van der Waals surface area contributed by atoms with E-state index in [9.17, 15) is 18.7 Å². The molecule has 4 nitrogen and oxygen atoms in total. The van der Waals surface area contributed by atoms with Crippen molar-refractivity contribution < 1.29 is 18.7 Å². The third-order valence-electron chi connectivity index (χ3n) is 5.07. The second-order valence-electron chi connectivity index (χ2n) is 6.73. The number of likely N-dealkylation sites (tertiary alicyclic amines) is 1. The summed E-state index contributed by atoms with van der Waals surface area (Å²) < 4.78 is 28.1. The maximum absolute atomic E-state index is 14.6. The number of para-hydroxylation sites is 1. The van der Waals surface area contributed by atoms with Crippen molar-refractivity contribution in [1.29, 1.82) is 0 Å². The number of carbonyl (C=O) groups is 1. The molecule has 6 heteroatoms. The standard InChI is InChI=1S/C21H18F2N2O2/c22-14-8-9-15(16(23)12-14)20(25-11-3-6-19(25)21(26)27)18-10-7-13-4-1-2-5-17(13)24-18/h1-2,4-5,7-10,12,19-20H,3,6,11H2,(H,26,27). The summed E-state index contributed by atoms with van der Waals surface area (Å²) in [6.45, 7) is 0.507. The Labute approximate surface area is 155 Å². The number of aromatic nitrogens is 1. The van der Waals surface area contributed by atoms with Gasteiger partial charge in [-0.3, -0.25) is 14.7 Å². The van der Waals surface area contributed by atoms with E-state index in [1.54, 1.807) is 11.0 Å². The van der Waals surface area contributed by atoms with E-state index in [0.29, 0.717) is 25.1 Å². The number of hydrogen-bond acceptors (Lipinski definition) is 3. The Morgan fingerprint density at radius 1 is 1.15 bits per heavy atom. The van der Waals surface area contributed by atoms with Crippen LogP contribution in [0.25, 0.3) is 10.9 Å². The molecular weight excluding hydrogens is 350 g/mol. The van der Waals surface area contributed by atoms with Gasteiger partial charge in [-0.2, -0.15) is 0 Å². The first-order valence-corrected chi connectivity index (χ1v) is 8.84. The summed E-state index contributed by atoms with van der Waals surface area (Å²) in [5.41, 5.74) is 1.52. The number of carboxylic acids is 1. The van der Waals surface area contributed by atoms with E-state index in [4.69, 9.17) is 0 Å². The lowest BCUT2D eigenvalue weighted by Gasteiger charge is -2.31. The molecule has 0 bridgehead atoms. The molecule has 1 aliphatic heterocycles. The lowest BCUT2D eigenvalue weighted by atomic mass is 9.98. The number of hydrogen-bond donors (Lipinski definition) is 1. The van der Waals surface area contributed by atoms with Gasteiger partial charge in [0, 0.05) is 23.6 Å². The summed E-state index contributed by atoms with van der Waals surface area (Å²) >= 11 is 0. The van der Waals surface area contributed by atoms with Crippen LogP contribution in [-0.4, -0.2) is 33.5 Å². The minimum absolute atomic E-state index is 0.229. The zero-order valence-corrected chi connectivity index (χ0v) is 14.5. The number of fused-ring (bicyclic) bond motifs is 1. The van der Waals surface area contributed by atoms with Crippen molar-refractivity contribution in [2.24, 2.45) is 0 Å². The number of rotatable bonds is 4. The molecule has 4 rings (SSSR count). The molecule has 1 aromatic heterocycles. The van der Waals surface area contributed by atoms with Crippen LogP contribution in [0.5, 0.6) is 0 Å². The highest BCUT2D eigenvalue weighted by atomic mass is 19.1. The van der Waals surface area contributed by atoms with Crippen molar-refractivity contribution in [2.45, 2.75) is 24.9 Å². The van der Waals surface area contributed by atoms with Gasteiger partial charge >= 0.3 is 5.97 Å². The second kappa shape index (κ2) is 7.04. The van der Waals surface area contributed by atoms with E-state index in [1.165, 1.54) is 12.1 Å². The molecule has 3 aromatic rings. The molecule has 2 atom stereocenters. The Hall–Kier alpha value is -2.86. The summed E-state index contributed by atoms with van der Waals surface area (Å²) in [5.74, 6) is -2.32. The van der Waals surface area contributed by atoms with Crippen molar-refractivity contribution in [1.82, 2.24) is 9.88 Å². The molecule has 138 valence electrons. The average Bonchev–Trinajstić information content (AvgIpc) is 3.13. The van der Waals surface area contributed by atoms with Gasteiger partial charge < -0.3 is 5.11 Å². The first-order valence-electron chi connectivity index (χ1n) is 8.84. The number of halogens is 2. The topological polar surface area (TPSA) is 53.4 Å². The van der Waals surface area contributed by atoms with E-state index in [2.05, 4.69) is 4.98 Å². The fourth-order valence-corrected chi connectivity index (χ4v) is 3.83. The van der Waals surface area contributed by atoms with Gasteiger partial charge in [-0.05, 0) is 31.0 Å². The molecule has 1 N–H and O–H groups in total. The monoisotopic (exact) mass is 368 g/mol. The Kier molecular flexibility index (Phi) is 4.58. The zero-order valence-electron chi connectivity index (χ0n) is 14.5. The maximum atomic E-state index is 14.6. The zero-order chi connectivity index (χ0) is 19.0. The molecule has 0 spiro atoms. The average molecular weight is 368 g/mol. The summed E-state index contributed by atoms with van der Waals surface area (Å²) in [4.78, 5) is 18.1. The predicted molar refractivity (Wildman–Crippen MR) is 97.3 cm³/mol. The van der Waals surface area contributed by atoms with Crippen molar-refractivity contribution in [3.63, 3.8) is 0 Å². The Bertz CT molecular complexity index is 1010. The fourth-order valence-electron chi connectivity index (χ4n) is 3.83. The maximum Gasteiger partial charge on any atom is 0.320 e. The van der Waals surface area contributed by atoms with Crippen LogP contribution in [0, 0.1) is 11.6 Å². The molecule has 1 fully saturated rings. The van der Waals surface area contributed by atoms with Gasteiger partial charge in [-0.15, -0.1) is 0 Å². The largest absolute Gasteiger partial charge is 0.480 e. The highest BCUT2D eigenvalue weighted by Gasteiger charge is 2.38. The highest BCUT2D eigenvalue weighted by molar-refractivity contribution is 5.78. The summed E-state index contributed by atoms with van der Waals surface area (Å²) in [6, 6.07) is 13.2. The first-order chi connectivity index (χ1) is 13.0. The van der Waals surface area contributed by atoms with Gasteiger partial charge in [0.1, 0.15) is 17.7 Å². The normalized spacial score (nSPS) is 18.7. The van der Waals surface area contributed by atoms with E-state index in [0.717, 1.165) is 17.0 Å². The van der Waals surface area contributed by atoms with Crippen LogP contribution in [0.15, 0.2) is 54.6 Å². The van der Waals surface area contributed by atoms with Crippen molar-refractivity contribution >= 4 is 16.9 Å². The van der Waals surface area contributed by atoms with Gasteiger partial charge in [0.05, 0.1) is 17.3 Å². The van der Waals surface area contributed by atoms with E-state index < -0.39 is 29.7 Å². The molecule has 0 amide bonds. The van der Waals surface area contributed by atoms with Crippen molar-refractivity contribution in [2.75, 3.05) is 6.54 Å². The molecule has 1 saturated heterocycles. The predicted octanol–water partition coefficient (Wildman–Crippen LogP) is 4.15. The number of pyridine rings is 1. The van der Waals surface area contributed by atoms with Gasteiger partial charge in [0.25, 0.3) is 0 Å². The number of carboxylic acid groups (broad SMARTS) is 1. The van der Waals surface area contributed by atoms with Crippen LogP contribution in [0.1, 0.15) is 30.1 Å². The molecule has 0 aliphatic carbocycles. The third-order valence-corrected chi connectivity index (χ3v) is 5.07. The smallest absolute Gasteiger partial charge is 0.320 e. The minimum Gasteiger partial charge on any atom is -0.480 e. The van der Waals surface area contributed by atoms with Crippen molar-refractivity contribution in [3.8, 4) is 0 Å². The molecule has 2 aromatic carbocycles. The molecule has 2 unspecified atom stereocenters. The molecule has 27 heavy (non-hydrogen) atoms. The quantitative estimate of drug-likeness (QED) is 0.752. The van der Waals surface area contributed by atoms with Crippen LogP contribution < -0.4 is 0 Å². The highest BCUT2D eigenvalue weighted by Crippen LogP contribution is 2.36. The van der Waals surface area contributed by atoms with E-state index in [1.807, 2.05) is 30.3 Å². The molecule has 1 aliphatic rings. The van der Waals surface area contributed by atoms with Crippen LogP contribution in [-0.2, 0) is 4.79 Å². The number of benzene rings is 2. The third kappa shape index (κ3) is 3.28. The molecule has 0 saturated carbocycles. The molecular formula is C21H18F2N2O2. The molecule has 2 heterocycles. The van der Waals surface area contributed by atoms with Crippen LogP contribution in [0.2, 0.25) is 0 Å². The summed E-state index contributed by atoms with van der Waals surface area (Å²) in [5, 5.41) is 10.5. The van der Waals surface area contributed by atoms with Gasteiger partial charge in [0.15, 0.2) is 0 Å². The summed E-state index contributed by atoms with van der Waals surface area (Å²) in [7, 11) is 0. The van der Waals surface area contributed by atoms with Crippen LogP contribution in [0.3, 0.4) is 0 Å². The lowest BCUT2D eigenvalue weighted by molar-refractivity contribution is -0.142. The van der Waals surface area contributed by atoms with Crippen LogP contribution >= 0.6 is 0 Å². The minimum atomic E-state index is -0.944. The molecule has 0 radical (unpaired) electrons. The van der Waals surface area contributed by atoms with E-state index in [-0.39, 0.29) is 5.56 Å². The van der Waals surface area contributed by atoms with Gasteiger partial charge in [-0.25, -0.2) is 8.78 Å². The SMILES string of the molecule is O=C(O)C1CCCN1C(c1ccc2ccccc2n1)c1ccc(F)cc1F. The first kappa shape index (κ1) is 17.5. The number of aliphatic carboxylic acids is 1. The fraction of sp³-hybridized carbons (Fsp3) is 0.238. The van der Waals surface area contributed by atoms with E-state index >= 15 is 0 Å². The number of nitrogens with zero attached hydrogens (tertiary/aromatic N) is 2. The Morgan fingerprint density at radius 2 is 1.96 bits per heavy atom. The summed E-state index contributed by atoms with van der Waals surface area (Å²) in [6.07, 6.45) is 1.19. The second-order valence-corrected chi connectivity index (χ2v) is 6.73. The van der Waals surface area contributed by atoms with Gasteiger partial charge in [-0.1, -0.05) is 30.3 Å². The van der Waals surface area contributed by atoms with Crippen molar-refractivity contribution in [3.05, 3.63) is 77.5 Å². The Morgan fingerprint density at radius 3 is 2.74 bits per heavy atom.